The fourth-order valence-electron chi connectivity index (χ4n) is 5.08. The van der Waals surface area contributed by atoms with Gasteiger partial charge >= 0.3 is 0 Å². The summed E-state index contributed by atoms with van der Waals surface area (Å²) in [6, 6.07) is 14.9. The van der Waals surface area contributed by atoms with Gasteiger partial charge in [0.1, 0.15) is 0 Å². The van der Waals surface area contributed by atoms with E-state index in [1.807, 2.05) is 53.4 Å². The number of imide groups is 1. The number of hydrogen-bond donors (Lipinski definition) is 0. The Morgan fingerprint density at radius 3 is 2.64 bits per heavy atom. The lowest BCUT2D eigenvalue weighted by Crippen LogP contribution is -2.49. The molecule has 2 saturated heterocycles. The third-order valence-electron chi connectivity index (χ3n) is 6.81. The zero-order chi connectivity index (χ0) is 23.3. The molecule has 3 heterocycles. The number of benzene rings is 1. The van der Waals surface area contributed by atoms with Crippen molar-refractivity contribution in [2.75, 3.05) is 26.8 Å². The molecule has 7 nitrogen and oxygen atoms in total. The van der Waals surface area contributed by atoms with Crippen LogP contribution in [0.1, 0.15) is 43.4 Å². The molecule has 0 radical (unpaired) electrons. The van der Waals surface area contributed by atoms with Gasteiger partial charge in [0.2, 0.25) is 17.7 Å². The van der Waals surface area contributed by atoms with Crippen molar-refractivity contribution in [3.8, 4) is 0 Å². The average molecular weight is 450 g/mol. The van der Waals surface area contributed by atoms with E-state index in [9.17, 15) is 14.4 Å². The molecule has 0 spiro atoms. The van der Waals surface area contributed by atoms with Gasteiger partial charge in [0.05, 0.1) is 18.1 Å². The summed E-state index contributed by atoms with van der Waals surface area (Å²) in [5.41, 5.74) is 0.369. The second-order valence-electron chi connectivity index (χ2n) is 8.92. The molecule has 33 heavy (non-hydrogen) atoms. The first-order valence-corrected chi connectivity index (χ1v) is 11.6. The SMILES string of the molecule is COC[C@@H]1CCCCN1C(=O)C[C@]1(c2ccccc2)CC(=O)N(CCc2ccccn2)C1=O. The molecular formula is C26H31N3O4. The molecule has 0 unspecified atom stereocenters. The number of amides is 3. The van der Waals surface area contributed by atoms with Crippen LogP contribution >= 0.6 is 0 Å². The smallest absolute Gasteiger partial charge is 0.240 e. The van der Waals surface area contributed by atoms with Crippen molar-refractivity contribution in [1.29, 1.82) is 0 Å². The van der Waals surface area contributed by atoms with E-state index in [0.29, 0.717) is 19.6 Å². The summed E-state index contributed by atoms with van der Waals surface area (Å²) in [5, 5.41) is 0. The van der Waals surface area contributed by atoms with Gasteiger partial charge in [-0.25, -0.2) is 0 Å². The first-order valence-electron chi connectivity index (χ1n) is 11.6. The summed E-state index contributed by atoms with van der Waals surface area (Å²) in [7, 11) is 1.64. The van der Waals surface area contributed by atoms with Crippen molar-refractivity contribution in [3.05, 3.63) is 66.0 Å². The predicted octanol–water partition coefficient (Wildman–Crippen LogP) is 2.74. The summed E-state index contributed by atoms with van der Waals surface area (Å²) in [5.74, 6) is -0.615. The lowest BCUT2D eigenvalue weighted by atomic mass is 9.75. The molecule has 1 aromatic heterocycles. The Kier molecular flexibility index (Phi) is 7.18. The van der Waals surface area contributed by atoms with Crippen LogP contribution < -0.4 is 0 Å². The van der Waals surface area contributed by atoms with Crippen LogP contribution in [0.15, 0.2) is 54.7 Å². The van der Waals surface area contributed by atoms with Crippen LogP contribution in [0.25, 0.3) is 0 Å². The number of likely N-dealkylation sites (tertiary alicyclic amines) is 2. The highest BCUT2D eigenvalue weighted by atomic mass is 16.5. The maximum atomic E-state index is 13.8. The van der Waals surface area contributed by atoms with Crippen LogP contribution in [0.2, 0.25) is 0 Å². The fraction of sp³-hybridized carbons (Fsp3) is 0.462. The van der Waals surface area contributed by atoms with Crippen LogP contribution in [-0.2, 0) is 31.0 Å². The number of ether oxygens (including phenoxy) is 1. The molecule has 4 rings (SSSR count). The minimum atomic E-state index is -1.17. The second-order valence-corrected chi connectivity index (χ2v) is 8.92. The van der Waals surface area contributed by atoms with Crippen molar-refractivity contribution in [1.82, 2.24) is 14.8 Å². The lowest BCUT2D eigenvalue weighted by molar-refractivity contribution is -0.144. The molecule has 174 valence electrons. The third kappa shape index (κ3) is 4.83. The molecule has 2 fully saturated rings. The number of methoxy groups -OCH3 is 1. The average Bonchev–Trinajstić information content (AvgIpc) is 3.09. The van der Waals surface area contributed by atoms with Gasteiger partial charge in [0.25, 0.3) is 0 Å². The summed E-state index contributed by atoms with van der Waals surface area (Å²) in [4.78, 5) is 47.8. The number of aromatic nitrogens is 1. The third-order valence-corrected chi connectivity index (χ3v) is 6.81. The van der Waals surface area contributed by atoms with Crippen molar-refractivity contribution < 1.29 is 19.1 Å². The monoisotopic (exact) mass is 449 g/mol. The Balaban J connectivity index is 1.59. The number of piperidine rings is 1. The molecule has 3 amide bonds. The molecule has 2 atom stereocenters. The van der Waals surface area contributed by atoms with E-state index in [1.165, 1.54) is 4.90 Å². The first-order chi connectivity index (χ1) is 16.0. The largest absolute Gasteiger partial charge is 0.383 e. The lowest BCUT2D eigenvalue weighted by Gasteiger charge is -2.37. The van der Waals surface area contributed by atoms with Crippen molar-refractivity contribution in [2.45, 2.75) is 50.0 Å². The van der Waals surface area contributed by atoms with Gasteiger partial charge in [-0.3, -0.25) is 24.3 Å². The summed E-state index contributed by atoms with van der Waals surface area (Å²) < 4.78 is 5.34. The van der Waals surface area contributed by atoms with Crippen molar-refractivity contribution in [2.24, 2.45) is 0 Å². The highest BCUT2D eigenvalue weighted by Crippen LogP contribution is 2.40. The number of hydrogen-bond acceptors (Lipinski definition) is 5. The number of carbonyl (C=O) groups excluding carboxylic acids is 3. The molecular weight excluding hydrogens is 418 g/mol. The van der Waals surface area contributed by atoms with Gasteiger partial charge in [0, 0.05) is 51.4 Å². The minimum Gasteiger partial charge on any atom is -0.383 e. The van der Waals surface area contributed by atoms with E-state index >= 15 is 0 Å². The maximum Gasteiger partial charge on any atom is 0.240 e. The Labute approximate surface area is 194 Å². The van der Waals surface area contributed by atoms with E-state index in [2.05, 4.69) is 4.98 Å². The molecule has 2 aliphatic heterocycles. The Morgan fingerprint density at radius 1 is 1.12 bits per heavy atom. The minimum absolute atomic E-state index is 0.00654. The van der Waals surface area contributed by atoms with Gasteiger partial charge in [-0.2, -0.15) is 0 Å². The van der Waals surface area contributed by atoms with Gasteiger partial charge in [0.15, 0.2) is 0 Å². The highest BCUT2D eigenvalue weighted by molar-refractivity contribution is 6.10. The Morgan fingerprint density at radius 2 is 1.91 bits per heavy atom. The number of pyridine rings is 1. The van der Waals surface area contributed by atoms with Crippen molar-refractivity contribution in [3.63, 3.8) is 0 Å². The molecule has 7 heteroatoms. The topological polar surface area (TPSA) is 79.8 Å². The quantitative estimate of drug-likeness (QED) is 0.579. The molecule has 0 aliphatic carbocycles. The van der Waals surface area contributed by atoms with Gasteiger partial charge in [-0.1, -0.05) is 36.4 Å². The van der Waals surface area contributed by atoms with Crippen LogP contribution in [0, 0.1) is 0 Å². The molecule has 2 aliphatic rings. The highest BCUT2D eigenvalue weighted by Gasteiger charge is 2.54. The zero-order valence-electron chi connectivity index (χ0n) is 19.1. The molecule has 0 N–H and O–H groups in total. The van der Waals surface area contributed by atoms with Gasteiger partial charge in [-0.05, 0) is 37.0 Å². The number of carbonyl (C=O) groups is 3. The maximum absolute atomic E-state index is 13.8. The number of nitrogens with zero attached hydrogens (tertiary/aromatic N) is 3. The molecule has 1 aromatic carbocycles. The van der Waals surface area contributed by atoms with E-state index in [0.717, 1.165) is 30.5 Å². The zero-order valence-corrected chi connectivity index (χ0v) is 19.1. The van der Waals surface area contributed by atoms with Crippen LogP contribution in [0.5, 0.6) is 0 Å². The number of rotatable bonds is 8. The van der Waals surface area contributed by atoms with E-state index in [-0.39, 0.29) is 43.1 Å². The van der Waals surface area contributed by atoms with Gasteiger partial charge in [-0.15, -0.1) is 0 Å². The van der Waals surface area contributed by atoms with Crippen LogP contribution in [0.3, 0.4) is 0 Å². The summed E-state index contributed by atoms with van der Waals surface area (Å²) >= 11 is 0. The molecule has 0 bridgehead atoms. The Hall–Kier alpha value is -3.06. The van der Waals surface area contributed by atoms with Crippen LogP contribution in [0.4, 0.5) is 0 Å². The normalized spacial score (nSPS) is 23.2. The molecule has 2 aromatic rings. The van der Waals surface area contributed by atoms with E-state index < -0.39 is 5.41 Å². The summed E-state index contributed by atoms with van der Waals surface area (Å²) in [6.07, 6.45) is 5.06. The van der Waals surface area contributed by atoms with E-state index in [1.54, 1.807) is 13.3 Å². The van der Waals surface area contributed by atoms with E-state index in [4.69, 9.17) is 4.74 Å². The van der Waals surface area contributed by atoms with Crippen LogP contribution in [-0.4, -0.2) is 65.4 Å². The van der Waals surface area contributed by atoms with Gasteiger partial charge < -0.3 is 9.64 Å². The van der Waals surface area contributed by atoms with Crippen molar-refractivity contribution >= 4 is 17.7 Å². The predicted molar refractivity (Wildman–Crippen MR) is 123 cm³/mol. The second kappa shape index (κ2) is 10.3. The fourth-order valence-corrected chi connectivity index (χ4v) is 5.08. The Bertz CT molecular complexity index is 980. The summed E-state index contributed by atoms with van der Waals surface area (Å²) in [6.45, 7) is 1.39. The molecule has 0 saturated carbocycles. The first kappa shape index (κ1) is 23.1. The standard InChI is InChI=1S/C26H31N3O4/c1-33-19-22-12-6-8-15-28(22)23(30)17-26(20-9-3-2-4-10-20)18-24(31)29(25(26)32)16-13-21-11-5-7-14-27-21/h2-5,7,9-11,14,22H,6,8,12-13,15-19H2,1H3/t22-,26+/m0/s1.